The van der Waals surface area contributed by atoms with Gasteiger partial charge in [0.1, 0.15) is 6.61 Å². The summed E-state index contributed by atoms with van der Waals surface area (Å²) in [4.78, 5) is 10.3. The van der Waals surface area contributed by atoms with Gasteiger partial charge in [-0.15, -0.1) is 0 Å². The summed E-state index contributed by atoms with van der Waals surface area (Å²) in [5.74, 6) is 1.31. The van der Waals surface area contributed by atoms with Crippen molar-refractivity contribution >= 4 is 12.1 Å². The van der Waals surface area contributed by atoms with Crippen molar-refractivity contribution in [1.82, 2.24) is 0 Å². The van der Waals surface area contributed by atoms with Crippen molar-refractivity contribution in [2.45, 2.75) is 6.10 Å². The Morgan fingerprint density at radius 1 is 1.56 bits per heavy atom. The molecule has 86 valence electrons. The van der Waals surface area contributed by atoms with Gasteiger partial charge >= 0.3 is 0 Å². The van der Waals surface area contributed by atoms with Crippen LogP contribution in [0, 0.1) is 0 Å². The highest BCUT2D eigenvalue weighted by atomic mass is 16.6. The SMILES string of the molecule is COCC1COc2ccc(NC=O)cc2O1. The highest BCUT2D eigenvalue weighted by molar-refractivity contribution is 5.72. The summed E-state index contributed by atoms with van der Waals surface area (Å²) >= 11 is 0. The van der Waals surface area contributed by atoms with Gasteiger partial charge < -0.3 is 19.5 Å². The lowest BCUT2D eigenvalue weighted by molar-refractivity contribution is -0.105. The monoisotopic (exact) mass is 223 g/mol. The highest BCUT2D eigenvalue weighted by Crippen LogP contribution is 2.34. The lowest BCUT2D eigenvalue weighted by Crippen LogP contribution is -2.32. The number of benzene rings is 1. The number of hydrogen-bond acceptors (Lipinski definition) is 4. The Morgan fingerprint density at radius 2 is 2.44 bits per heavy atom. The van der Waals surface area contributed by atoms with Crippen LogP contribution in [0.1, 0.15) is 0 Å². The molecule has 1 atom stereocenters. The van der Waals surface area contributed by atoms with E-state index < -0.39 is 0 Å². The molecule has 1 amide bonds. The van der Waals surface area contributed by atoms with Crippen molar-refractivity contribution in [1.29, 1.82) is 0 Å². The van der Waals surface area contributed by atoms with Gasteiger partial charge in [-0.1, -0.05) is 0 Å². The topological polar surface area (TPSA) is 56.8 Å². The van der Waals surface area contributed by atoms with Crippen molar-refractivity contribution in [3.63, 3.8) is 0 Å². The second-order valence-electron chi connectivity index (χ2n) is 3.43. The Balaban J connectivity index is 2.14. The number of nitrogens with one attached hydrogen (secondary N) is 1. The second-order valence-corrected chi connectivity index (χ2v) is 3.43. The molecule has 5 heteroatoms. The van der Waals surface area contributed by atoms with Crippen LogP contribution in [0.4, 0.5) is 5.69 Å². The van der Waals surface area contributed by atoms with Gasteiger partial charge in [-0.25, -0.2) is 0 Å². The van der Waals surface area contributed by atoms with E-state index in [-0.39, 0.29) is 6.10 Å². The van der Waals surface area contributed by atoms with Gasteiger partial charge in [0.2, 0.25) is 6.41 Å². The third-order valence-electron chi connectivity index (χ3n) is 2.24. The lowest BCUT2D eigenvalue weighted by Gasteiger charge is -2.26. The third-order valence-corrected chi connectivity index (χ3v) is 2.24. The number of rotatable bonds is 4. The van der Waals surface area contributed by atoms with Crippen molar-refractivity contribution in [3.8, 4) is 11.5 Å². The molecule has 1 aromatic carbocycles. The van der Waals surface area contributed by atoms with Crippen molar-refractivity contribution in [2.24, 2.45) is 0 Å². The standard InChI is InChI=1S/C11H13NO4/c1-14-5-9-6-15-10-3-2-8(12-7-13)4-11(10)16-9/h2-4,7,9H,5-6H2,1H3,(H,12,13). The molecule has 1 unspecified atom stereocenters. The molecule has 1 aromatic rings. The summed E-state index contributed by atoms with van der Waals surface area (Å²) < 4.78 is 16.2. The molecule has 1 N–H and O–H groups in total. The molecule has 2 rings (SSSR count). The number of amides is 1. The fourth-order valence-corrected chi connectivity index (χ4v) is 1.54. The fourth-order valence-electron chi connectivity index (χ4n) is 1.54. The van der Waals surface area contributed by atoms with E-state index in [4.69, 9.17) is 14.2 Å². The number of methoxy groups -OCH3 is 1. The average molecular weight is 223 g/mol. The quantitative estimate of drug-likeness (QED) is 0.775. The van der Waals surface area contributed by atoms with E-state index in [1.165, 1.54) is 0 Å². The third kappa shape index (κ3) is 2.25. The molecule has 0 aliphatic carbocycles. The fraction of sp³-hybridized carbons (Fsp3) is 0.364. The maximum atomic E-state index is 10.3. The van der Waals surface area contributed by atoms with Gasteiger partial charge in [0.05, 0.1) is 6.61 Å². The maximum absolute atomic E-state index is 10.3. The molecule has 0 saturated carbocycles. The first-order valence-electron chi connectivity index (χ1n) is 4.96. The van der Waals surface area contributed by atoms with Crippen LogP contribution in [0.3, 0.4) is 0 Å². The number of carbonyl (C=O) groups is 1. The van der Waals surface area contributed by atoms with Crippen LogP contribution in [-0.2, 0) is 9.53 Å². The van der Waals surface area contributed by atoms with Gasteiger partial charge in [-0.2, -0.15) is 0 Å². The average Bonchev–Trinajstić information content (AvgIpc) is 2.29. The van der Waals surface area contributed by atoms with E-state index in [2.05, 4.69) is 5.32 Å². The summed E-state index contributed by atoms with van der Waals surface area (Å²) in [7, 11) is 1.61. The van der Waals surface area contributed by atoms with Crippen LogP contribution in [-0.4, -0.2) is 32.8 Å². The van der Waals surface area contributed by atoms with Gasteiger partial charge in [-0.05, 0) is 12.1 Å². The maximum Gasteiger partial charge on any atom is 0.211 e. The Labute approximate surface area is 93.3 Å². The zero-order valence-corrected chi connectivity index (χ0v) is 8.93. The Morgan fingerprint density at radius 3 is 3.19 bits per heavy atom. The largest absolute Gasteiger partial charge is 0.486 e. The summed E-state index contributed by atoms with van der Waals surface area (Å²) in [5.41, 5.74) is 0.676. The van der Waals surface area contributed by atoms with Crippen LogP contribution >= 0.6 is 0 Å². The molecule has 0 bridgehead atoms. The molecule has 16 heavy (non-hydrogen) atoms. The molecular formula is C11H13NO4. The summed E-state index contributed by atoms with van der Waals surface area (Å²) in [6, 6.07) is 5.25. The summed E-state index contributed by atoms with van der Waals surface area (Å²) in [5, 5.41) is 2.56. The number of anilines is 1. The van der Waals surface area contributed by atoms with Crippen molar-refractivity contribution in [3.05, 3.63) is 18.2 Å². The van der Waals surface area contributed by atoms with E-state index in [0.717, 1.165) is 0 Å². The highest BCUT2D eigenvalue weighted by Gasteiger charge is 2.20. The number of carbonyl (C=O) groups excluding carboxylic acids is 1. The van der Waals surface area contributed by atoms with E-state index in [0.29, 0.717) is 36.8 Å². The zero-order chi connectivity index (χ0) is 11.4. The van der Waals surface area contributed by atoms with Crippen LogP contribution in [0.25, 0.3) is 0 Å². The Bertz CT molecular complexity index is 380. The van der Waals surface area contributed by atoms with Crippen molar-refractivity contribution in [2.75, 3.05) is 25.6 Å². The smallest absolute Gasteiger partial charge is 0.211 e. The number of hydrogen-bond donors (Lipinski definition) is 1. The van der Waals surface area contributed by atoms with E-state index in [1.54, 1.807) is 25.3 Å². The predicted octanol–water partition coefficient (Wildman–Crippen LogP) is 1.04. The molecule has 1 heterocycles. The normalized spacial score (nSPS) is 17.9. The van der Waals surface area contributed by atoms with Gasteiger partial charge in [0.15, 0.2) is 17.6 Å². The zero-order valence-electron chi connectivity index (χ0n) is 8.93. The molecule has 1 aliphatic rings. The number of fused-ring (bicyclic) bond motifs is 1. The first kappa shape index (κ1) is 10.8. The molecule has 0 saturated heterocycles. The van der Waals surface area contributed by atoms with E-state index in [9.17, 15) is 4.79 Å². The summed E-state index contributed by atoms with van der Waals surface area (Å²) in [6.45, 7) is 0.950. The minimum atomic E-state index is -0.107. The van der Waals surface area contributed by atoms with Crippen LogP contribution in [0.15, 0.2) is 18.2 Å². The molecule has 1 aliphatic heterocycles. The number of ether oxygens (including phenoxy) is 3. The molecule has 0 spiro atoms. The molecular weight excluding hydrogens is 210 g/mol. The minimum Gasteiger partial charge on any atom is -0.486 e. The van der Waals surface area contributed by atoms with Crippen LogP contribution in [0.2, 0.25) is 0 Å². The molecule has 5 nitrogen and oxygen atoms in total. The second kappa shape index (κ2) is 4.85. The van der Waals surface area contributed by atoms with Crippen LogP contribution in [0.5, 0.6) is 11.5 Å². The molecule has 0 aromatic heterocycles. The molecule has 0 fully saturated rings. The van der Waals surface area contributed by atoms with Crippen LogP contribution < -0.4 is 14.8 Å². The Hall–Kier alpha value is -1.75. The first-order chi connectivity index (χ1) is 7.83. The van der Waals surface area contributed by atoms with Crippen molar-refractivity contribution < 1.29 is 19.0 Å². The van der Waals surface area contributed by atoms with E-state index in [1.807, 2.05) is 0 Å². The molecule has 0 radical (unpaired) electrons. The Kier molecular flexibility index (Phi) is 3.26. The van der Waals surface area contributed by atoms with E-state index >= 15 is 0 Å². The minimum absolute atomic E-state index is 0.107. The first-order valence-corrected chi connectivity index (χ1v) is 4.96. The lowest BCUT2D eigenvalue weighted by atomic mass is 10.2. The summed E-state index contributed by atoms with van der Waals surface area (Å²) in [6.07, 6.45) is 0.516. The predicted molar refractivity (Wildman–Crippen MR) is 57.9 cm³/mol. The van der Waals surface area contributed by atoms with Gasteiger partial charge in [0.25, 0.3) is 0 Å². The van der Waals surface area contributed by atoms with Gasteiger partial charge in [0, 0.05) is 18.9 Å². The van der Waals surface area contributed by atoms with Gasteiger partial charge in [-0.3, -0.25) is 4.79 Å².